The number of likely N-dealkylation sites (tertiary alicyclic amines) is 2. The van der Waals surface area contributed by atoms with Gasteiger partial charge in [-0.3, -0.25) is 4.79 Å². The Kier molecular flexibility index (Phi) is 3.45. The minimum Gasteiger partial charge on any atom is -0.444 e. The number of carbonyl (C=O) groups excluding carboxylic acids is 2. The van der Waals surface area contributed by atoms with E-state index in [4.69, 9.17) is 16.3 Å². The van der Waals surface area contributed by atoms with Crippen molar-refractivity contribution in [1.82, 2.24) is 9.80 Å². The van der Waals surface area contributed by atoms with Crippen molar-refractivity contribution < 1.29 is 14.3 Å². The summed E-state index contributed by atoms with van der Waals surface area (Å²) in [6.45, 7) is 8.17. The van der Waals surface area contributed by atoms with Crippen LogP contribution < -0.4 is 0 Å². The maximum Gasteiger partial charge on any atom is 0.410 e. The molecule has 2 heterocycles. The Morgan fingerprint density at radius 2 is 1.50 bits per heavy atom. The van der Waals surface area contributed by atoms with E-state index in [0.717, 1.165) is 0 Å². The topological polar surface area (TPSA) is 49.9 Å². The molecule has 5 nitrogen and oxygen atoms in total. The smallest absolute Gasteiger partial charge is 0.410 e. The van der Waals surface area contributed by atoms with E-state index < -0.39 is 11.0 Å². The molecular weight excluding hydrogens is 256 g/mol. The average Bonchev–Trinajstić information content (AvgIpc) is 2.69. The van der Waals surface area contributed by atoms with Crippen molar-refractivity contribution in [1.29, 1.82) is 0 Å². The molecule has 0 spiro atoms. The maximum atomic E-state index is 11.9. The van der Waals surface area contributed by atoms with Crippen molar-refractivity contribution >= 4 is 23.1 Å². The Hall–Kier alpha value is -0.970. The number of rotatable bonds is 0. The van der Waals surface area contributed by atoms with Gasteiger partial charge in [-0.05, 0) is 32.4 Å². The van der Waals surface area contributed by atoms with Crippen LogP contribution in [0.2, 0.25) is 0 Å². The second kappa shape index (κ2) is 4.61. The van der Waals surface area contributed by atoms with E-state index in [-0.39, 0.29) is 6.09 Å². The van der Waals surface area contributed by atoms with Gasteiger partial charge in [0.15, 0.2) is 0 Å². The molecule has 2 fully saturated rings. The first kappa shape index (κ1) is 13.5. The number of nitrogens with zero attached hydrogens (tertiary/aromatic N) is 2. The number of halogens is 1. The molecule has 2 saturated heterocycles. The third-order valence-corrected chi connectivity index (χ3v) is 3.63. The summed E-state index contributed by atoms with van der Waals surface area (Å²) in [5.41, 5.74) is -0.465. The van der Waals surface area contributed by atoms with E-state index in [1.165, 1.54) is 0 Å². The molecule has 2 atom stereocenters. The molecular formula is C12H19ClN2O3. The minimum atomic E-state index is -0.465. The SMILES string of the molecule is CC(C)(C)OC(=O)N1C[C@@H]2CN(C(=O)Cl)C[C@H]2C1. The van der Waals surface area contributed by atoms with E-state index in [2.05, 4.69) is 0 Å². The number of carbonyl (C=O) groups is 2. The lowest BCUT2D eigenvalue weighted by atomic mass is 10.0. The molecule has 2 rings (SSSR count). The third kappa shape index (κ3) is 2.88. The summed E-state index contributed by atoms with van der Waals surface area (Å²) in [7, 11) is 0. The fraction of sp³-hybridized carbons (Fsp3) is 0.833. The van der Waals surface area contributed by atoms with Crippen LogP contribution in [0.1, 0.15) is 20.8 Å². The standard InChI is InChI=1S/C12H19ClN2O3/c1-12(2,3)18-11(17)15-6-8-4-14(10(13)16)5-9(8)7-15/h8-9H,4-7H2,1-3H3/t8-,9-/m0/s1. The first-order valence-corrected chi connectivity index (χ1v) is 6.56. The molecule has 18 heavy (non-hydrogen) atoms. The highest BCUT2D eigenvalue weighted by Gasteiger charge is 2.43. The van der Waals surface area contributed by atoms with Crippen molar-refractivity contribution in [2.24, 2.45) is 11.8 Å². The average molecular weight is 275 g/mol. The minimum absolute atomic E-state index is 0.263. The van der Waals surface area contributed by atoms with Crippen LogP contribution in [0.5, 0.6) is 0 Å². The van der Waals surface area contributed by atoms with Gasteiger partial charge in [-0.1, -0.05) is 0 Å². The van der Waals surface area contributed by atoms with E-state index >= 15 is 0 Å². The Labute approximate surface area is 112 Å². The van der Waals surface area contributed by atoms with Gasteiger partial charge in [-0.15, -0.1) is 0 Å². The first-order chi connectivity index (χ1) is 8.26. The summed E-state index contributed by atoms with van der Waals surface area (Å²) in [4.78, 5) is 26.3. The van der Waals surface area contributed by atoms with Gasteiger partial charge in [0.1, 0.15) is 5.60 Å². The van der Waals surface area contributed by atoms with Crippen LogP contribution in [0, 0.1) is 11.8 Å². The molecule has 0 aromatic carbocycles. The number of fused-ring (bicyclic) bond motifs is 1. The largest absolute Gasteiger partial charge is 0.444 e. The van der Waals surface area contributed by atoms with Gasteiger partial charge in [0.05, 0.1) is 0 Å². The van der Waals surface area contributed by atoms with Crippen molar-refractivity contribution in [2.75, 3.05) is 26.2 Å². The molecule has 2 amide bonds. The van der Waals surface area contributed by atoms with Crippen molar-refractivity contribution in [2.45, 2.75) is 26.4 Å². The maximum absolute atomic E-state index is 11.9. The summed E-state index contributed by atoms with van der Waals surface area (Å²) in [6, 6.07) is 0. The zero-order chi connectivity index (χ0) is 13.5. The van der Waals surface area contributed by atoms with Crippen LogP contribution >= 0.6 is 11.6 Å². The summed E-state index contributed by atoms with van der Waals surface area (Å²) in [6.07, 6.45) is -0.263. The summed E-state index contributed by atoms with van der Waals surface area (Å²) >= 11 is 5.46. The van der Waals surface area contributed by atoms with E-state index in [1.807, 2.05) is 20.8 Å². The summed E-state index contributed by atoms with van der Waals surface area (Å²) in [5.74, 6) is 0.667. The molecule has 102 valence electrons. The second-order valence-corrected chi connectivity index (χ2v) is 6.39. The van der Waals surface area contributed by atoms with Crippen LogP contribution in [0.15, 0.2) is 0 Å². The first-order valence-electron chi connectivity index (χ1n) is 6.18. The lowest BCUT2D eigenvalue weighted by Crippen LogP contribution is -2.37. The van der Waals surface area contributed by atoms with Crippen LogP contribution in [-0.2, 0) is 4.74 Å². The Morgan fingerprint density at radius 3 is 1.89 bits per heavy atom. The predicted octanol–water partition coefficient (Wildman–Crippen LogP) is 2.14. The fourth-order valence-corrected chi connectivity index (χ4v) is 2.75. The van der Waals surface area contributed by atoms with Crippen LogP contribution in [0.3, 0.4) is 0 Å². The Morgan fingerprint density at radius 1 is 1.06 bits per heavy atom. The Balaban J connectivity index is 1.89. The highest BCUT2D eigenvalue weighted by atomic mass is 35.5. The zero-order valence-corrected chi connectivity index (χ0v) is 11.7. The van der Waals surface area contributed by atoms with Gasteiger partial charge in [-0.2, -0.15) is 0 Å². The molecule has 0 aliphatic carbocycles. The number of amides is 2. The lowest BCUT2D eigenvalue weighted by molar-refractivity contribution is 0.0277. The molecule has 0 saturated carbocycles. The summed E-state index contributed by atoms with van der Waals surface area (Å²) in [5, 5.41) is -0.395. The van der Waals surface area contributed by atoms with Crippen LogP contribution in [-0.4, -0.2) is 53.0 Å². The fourth-order valence-electron chi connectivity index (χ4n) is 2.61. The van der Waals surface area contributed by atoms with Gasteiger partial charge in [-0.25, -0.2) is 4.79 Å². The number of hydrogen-bond acceptors (Lipinski definition) is 3. The lowest BCUT2D eigenvalue weighted by Gasteiger charge is -2.25. The van der Waals surface area contributed by atoms with E-state index in [0.29, 0.717) is 38.0 Å². The molecule has 0 N–H and O–H groups in total. The van der Waals surface area contributed by atoms with Gasteiger partial charge in [0, 0.05) is 38.0 Å². The van der Waals surface area contributed by atoms with E-state index in [9.17, 15) is 9.59 Å². The molecule has 0 unspecified atom stereocenters. The second-order valence-electron chi connectivity index (χ2n) is 6.06. The van der Waals surface area contributed by atoms with E-state index in [1.54, 1.807) is 9.80 Å². The third-order valence-electron chi connectivity index (χ3n) is 3.39. The van der Waals surface area contributed by atoms with Gasteiger partial charge in [0.2, 0.25) is 0 Å². The van der Waals surface area contributed by atoms with Gasteiger partial charge >= 0.3 is 11.5 Å². The molecule has 2 aliphatic heterocycles. The molecule has 2 aliphatic rings. The highest BCUT2D eigenvalue weighted by molar-refractivity contribution is 6.62. The quantitative estimate of drug-likeness (QED) is 0.502. The molecule has 0 aromatic heterocycles. The number of hydrogen-bond donors (Lipinski definition) is 0. The van der Waals surface area contributed by atoms with Crippen molar-refractivity contribution in [3.63, 3.8) is 0 Å². The summed E-state index contributed by atoms with van der Waals surface area (Å²) < 4.78 is 5.34. The normalized spacial score (nSPS) is 27.3. The van der Waals surface area contributed by atoms with Crippen molar-refractivity contribution in [3.8, 4) is 0 Å². The molecule has 0 aromatic rings. The predicted molar refractivity (Wildman–Crippen MR) is 67.6 cm³/mol. The van der Waals surface area contributed by atoms with Gasteiger partial charge in [0.25, 0.3) is 0 Å². The molecule has 0 radical (unpaired) electrons. The van der Waals surface area contributed by atoms with Crippen LogP contribution in [0.25, 0.3) is 0 Å². The van der Waals surface area contributed by atoms with Crippen LogP contribution in [0.4, 0.5) is 9.59 Å². The number of ether oxygens (including phenoxy) is 1. The molecule has 0 bridgehead atoms. The van der Waals surface area contributed by atoms with Gasteiger partial charge < -0.3 is 14.5 Å². The zero-order valence-electron chi connectivity index (χ0n) is 11.0. The Bertz CT molecular complexity index is 353. The van der Waals surface area contributed by atoms with Crippen molar-refractivity contribution in [3.05, 3.63) is 0 Å². The monoisotopic (exact) mass is 274 g/mol. The molecule has 6 heteroatoms. The highest BCUT2D eigenvalue weighted by Crippen LogP contribution is 2.32.